The summed E-state index contributed by atoms with van der Waals surface area (Å²) in [6.45, 7) is 0. The summed E-state index contributed by atoms with van der Waals surface area (Å²) in [5.74, 6) is 0.745. The second-order valence-corrected chi connectivity index (χ2v) is 5.39. The van der Waals surface area contributed by atoms with Crippen molar-refractivity contribution in [2.45, 2.75) is 9.10 Å². The number of ether oxygens (including phenoxy) is 1. The first kappa shape index (κ1) is 11.9. The molecule has 0 saturated heterocycles. The molecule has 0 bridgehead atoms. The number of nitrogens with zero attached hydrogens (tertiary/aromatic N) is 1. The number of benzene rings is 1. The first-order valence-electron chi connectivity index (χ1n) is 4.74. The van der Waals surface area contributed by atoms with Crippen molar-refractivity contribution in [2.75, 3.05) is 7.11 Å². The largest absolute Gasteiger partial charge is 0.497 e. The van der Waals surface area contributed by atoms with Crippen molar-refractivity contribution in [1.29, 1.82) is 0 Å². The Bertz CT molecular complexity index is 539. The minimum absolute atomic E-state index is 0.155. The predicted molar refractivity (Wildman–Crippen MR) is 68.1 cm³/mol. The lowest BCUT2D eigenvalue weighted by atomic mass is 10.3. The van der Waals surface area contributed by atoms with Crippen molar-refractivity contribution < 1.29 is 9.66 Å². The minimum Gasteiger partial charge on any atom is -0.497 e. The van der Waals surface area contributed by atoms with Gasteiger partial charge >= 0.3 is 0 Å². The number of hydrogen-bond donors (Lipinski definition) is 0. The van der Waals surface area contributed by atoms with E-state index in [0.717, 1.165) is 10.6 Å². The zero-order valence-electron chi connectivity index (χ0n) is 8.95. The van der Waals surface area contributed by atoms with Crippen LogP contribution in [0, 0.1) is 10.1 Å². The highest BCUT2D eigenvalue weighted by molar-refractivity contribution is 8.01. The van der Waals surface area contributed by atoms with Crippen molar-refractivity contribution in [3.8, 4) is 5.75 Å². The van der Waals surface area contributed by atoms with Gasteiger partial charge < -0.3 is 4.74 Å². The smallest absolute Gasteiger partial charge is 0.294 e. The van der Waals surface area contributed by atoms with Crippen molar-refractivity contribution in [2.24, 2.45) is 0 Å². The Morgan fingerprint density at radius 1 is 1.41 bits per heavy atom. The summed E-state index contributed by atoms with van der Waals surface area (Å²) < 4.78 is 5.79. The number of thiophene rings is 1. The molecule has 1 aromatic carbocycles. The van der Waals surface area contributed by atoms with E-state index < -0.39 is 0 Å². The molecular formula is C11H9NO3S2. The Hall–Kier alpha value is -1.53. The molecule has 2 aromatic rings. The second-order valence-electron chi connectivity index (χ2n) is 3.13. The average Bonchev–Trinajstić information content (AvgIpc) is 2.77. The Kier molecular flexibility index (Phi) is 3.65. The van der Waals surface area contributed by atoms with E-state index >= 15 is 0 Å². The maximum atomic E-state index is 10.8. The SMILES string of the molecule is COc1cccc(Sc2sccc2[N+](=O)[O-])c1. The lowest BCUT2D eigenvalue weighted by molar-refractivity contribution is -0.387. The van der Waals surface area contributed by atoms with E-state index in [1.165, 1.54) is 29.2 Å². The fourth-order valence-electron chi connectivity index (χ4n) is 1.27. The predicted octanol–water partition coefficient (Wildman–Crippen LogP) is 3.82. The Morgan fingerprint density at radius 3 is 2.94 bits per heavy atom. The monoisotopic (exact) mass is 267 g/mol. The van der Waals surface area contributed by atoms with E-state index in [1.807, 2.05) is 24.3 Å². The van der Waals surface area contributed by atoms with E-state index in [1.54, 1.807) is 12.5 Å². The standard InChI is InChI=1S/C11H9NO3S2/c1-15-8-3-2-4-9(7-8)17-11-10(12(13)14)5-6-16-11/h2-7H,1H3. The molecule has 1 aromatic heterocycles. The van der Waals surface area contributed by atoms with Crippen molar-refractivity contribution >= 4 is 28.8 Å². The molecule has 0 aliphatic carbocycles. The van der Waals surface area contributed by atoms with Gasteiger partial charge in [-0.2, -0.15) is 0 Å². The van der Waals surface area contributed by atoms with Gasteiger partial charge in [0.1, 0.15) is 9.96 Å². The molecule has 0 aliphatic rings. The summed E-state index contributed by atoms with van der Waals surface area (Å²) >= 11 is 2.74. The van der Waals surface area contributed by atoms with Gasteiger partial charge in [-0.1, -0.05) is 17.8 Å². The van der Waals surface area contributed by atoms with Crippen molar-refractivity contribution in [3.05, 3.63) is 45.8 Å². The van der Waals surface area contributed by atoms with Gasteiger partial charge in [-0.05, 0) is 23.6 Å². The van der Waals surface area contributed by atoms with Gasteiger partial charge in [0.2, 0.25) is 0 Å². The molecule has 6 heteroatoms. The molecule has 17 heavy (non-hydrogen) atoms. The molecule has 0 spiro atoms. The molecule has 0 fully saturated rings. The topological polar surface area (TPSA) is 52.4 Å². The molecule has 4 nitrogen and oxygen atoms in total. The number of hydrogen-bond acceptors (Lipinski definition) is 5. The Labute approximate surface area is 106 Å². The van der Waals surface area contributed by atoms with Crippen molar-refractivity contribution in [1.82, 2.24) is 0 Å². The van der Waals surface area contributed by atoms with E-state index in [0.29, 0.717) is 4.21 Å². The molecule has 0 atom stereocenters. The van der Waals surface area contributed by atoms with E-state index in [4.69, 9.17) is 4.74 Å². The fraction of sp³-hybridized carbons (Fsp3) is 0.0909. The minimum atomic E-state index is -0.362. The molecule has 0 radical (unpaired) electrons. The maximum Gasteiger partial charge on any atom is 0.294 e. The lowest BCUT2D eigenvalue weighted by Crippen LogP contribution is -1.86. The summed E-state index contributed by atoms with van der Waals surface area (Å²) in [6.07, 6.45) is 0. The summed E-state index contributed by atoms with van der Waals surface area (Å²) in [6, 6.07) is 8.98. The highest BCUT2D eigenvalue weighted by Crippen LogP contribution is 2.39. The van der Waals surface area contributed by atoms with Crippen LogP contribution in [0.4, 0.5) is 5.69 Å². The Morgan fingerprint density at radius 2 is 2.24 bits per heavy atom. The molecule has 0 N–H and O–H groups in total. The fourth-order valence-corrected chi connectivity index (χ4v) is 3.29. The average molecular weight is 267 g/mol. The van der Waals surface area contributed by atoms with E-state index in [-0.39, 0.29) is 10.6 Å². The molecule has 0 saturated carbocycles. The summed E-state index contributed by atoms with van der Waals surface area (Å²) in [5, 5.41) is 12.5. The summed E-state index contributed by atoms with van der Waals surface area (Å²) in [4.78, 5) is 11.3. The number of methoxy groups -OCH3 is 1. The van der Waals surface area contributed by atoms with Crippen LogP contribution in [0.3, 0.4) is 0 Å². The maximum absolute atomic E-state index is 10.8. The van der Waals surface area contributed by atoms with E-state index in [9.17, 15) is 10.1 Å². The Balaban J connectivity index is 2.25. The third-order valence-electron chi connectivity index (χ3n) is 2.06. The van der Waals surface area contributed by atoms with Crippen LogP contribution in [0.2, 0.25) is 0 Å². The number of nitro groups is 1. The normalized spacial score (nSPS) is 10.2. The van der Waals surface area contributed by atoms with Gasteiger partial charge in [0, 0.05) is 11.0 Å². The van der Waals surface area contributed by atoms with Crippen LogP contribution in [0.25, 0.3) is 0 Å². The zero-order valence-corrected chi connectivity index (χ0v) is 10.6. The lowest BCUT2D eigenvalue weighted by Gasteiger charge is -2.02. The molecular weight excluding hydrogens is 258 g/mol. The van der Waals surface area contributed by atoms with Gasteiger partial charge in [0.05, 0.1) is 12.0 Å². The van der Waals surface area contributed by atoms with Gasteiger partial charge in [-0.25, -0.2) is 0 Å². The van der Waals surface area contributed by atoms with Crippen LogP contribution in [0.15, 0.2) is 44.8 Å². The van der Waals surface area contributed by atoms with Crippen LogP contribution in [0.1, 0.15) is 0 Å². The quantitative estimate of drug-likeness (QED) is 0.624. The second kappa shape index (κ2) is 5.20. The third kappa shape index (κ3) is 2.78. The molecule has 0 amide bonds. The molecule has 0 unspecified atom stereocenters. The number of rotatable bonds is 4. The first-order chi connectivity index (χ1) is 8.20. The molecule has 0 aliphatic heterocycles. The van der Waals surface area contributed by atoms with Gasteiger partial charge in [-0.3, -0.25) is 10.1 Å². The van der Waals surface area contributed by atoms with Gasteiger partial charge in [-0.15, -0.1) is 11.3 Å². The van der Waals surface area contributed by atoms with Crippen LogP contribution >= 0.6 is 23.1 Å². The summed E-state index contributed by atoms with van der Waals surface area (Å²) in [7, 11) is 1.59. The highest BCUT2D eigenvalue weighted by atomic mass is 32.2. The van der Waals surface area contributed by atoms with Crippen LogP contribution < -0.4 is 4.74 Å². The van der Waals surface area contributed by atoms with Gasteiger partial charge in [0.25, 0.3) is 5.69 Å². The van der Waals surface area contributed by atoms with Crippen molar-refractivity contribution in [3.63, 3.8) is 0 Å². The third-order valence-corrected chi connectivity index (χ3v) is 4.18. The summed E-state index contributed by atoms with van der Waals surface area (Å²) in [5.41, 5.74) is 0.155. The highest BCUT2D eigenvalue weighted by Gasteiger charge is 2.16. The van der Waals surface area contributed by atoms with Crippen LogP contribution in [-0.2, 0) is 0 Å². The van der Waals surface area contributed by atoms with Crippen LogP contribution in [0.5, 0.6) is 5.75 Å². The van der Waals surface area contributed by atoms with Crippen LogP contribution in [-0.4, -0.2) is 12.0 Å². The van der Waals surface area contributed by atoms with E-state index in [2.05, 4.69) is 0 Å². The first-order valence-corrected chi connectivity index (χ1v) is 6.44. The van der Waals surface area contributed by atoms with Gasteiger partial charge in [0.15, 0.2) is 0 Å². The molecule has 2 rings (SSSR count). The molecule has 88 valence electrons. The molecule has 1 heterocycles. The zero-order chi connectivity index (χ0) is 12.3.